The summed E-state index contributed by atoms with van der Waals surface area (Å²) in [6.45, 7) is 3.17. The zero-order valence-electron chi connectivity index (χ0n) is 7.34. The monoisotopic (exact) mass is 235 g/mol. The van der Waals surface area contributed by atoms with Crippen molar-refractivity contribution < 1.29 is 10.2 Å². The van der Waals surface area contributed by atoms with E-state index in [2.05, 4.69) is 15.9 Å². The summed E-state index contributed by atoms with van der Waals surface area (Å²) >= 11 is 3.29. The quantitative estimate of drug-likeness (QED) is 0.569. The molecule has 4 heteroatoms. The number of aliphatic hydroxyl groups is 2. The van der Waals surface area contributed by atoms with Crippen molar-refractivity contribution in [2.24, 2.45) is 0 Å². The van der Waals surface area contributed by atoms with Crippen LogP contribution < -0.4 is 0 Å². The number of hydrogen-bond acceptors (Lipinski definition) is 3. The Hall–Kier alpha value is -0.110. The van der Waals surface area contributed by atoms with E-state index in [1.54, 1.807) is 6.07 Å². The molecule has 0 radical (unpaired) electrons. The van der Waals surface area contributed by atoms with Gasteiger partial charge in [0.1, 0.15) is 6.07 Å². The third-order valence-electron chi connectivity index (χ3n) is 2.28. The predicted molar refractivity (Wildman–Crippen MR) is 49.9 cm³/mol. The first kappa shape index (κ1) is 11.9. The summed E-state index contributed by atoms with van der Waals surface area (Å²) in [5.74, 6) is 0. The van der Waals surface area contributed by atoms with Gasteiger partial charge in [-0.3, -0.25) is 0 Å². The van der Waals surface area contributed by atoms with Gasteiger partial charge in [0, 0.05) is 0 Å². The summed E-state index contributed by atoms with van der Waals surface area (Å²) < 4.78 is -0.705. The molecular formula is C8H14BrNO2. The van der Waals surface area contributed by atoms with Crippen LogP contribution in [0.5, 0.6) is 0 Å². The zero-order chi connectivity index (χ0) is 9.83. The van der Waals surface area contributed by atoms with Gasteiger partial charge in [-0.25, -0.2) is 0 Å². The molecule has 0 amide bonds. The number of hydrogen-bond donors (Lipinski definition) is 2. The Morgan fingerprint density at radius 2 is 1.83 bits per heavy atom. The van der Waals surface area contributed by atoms with Gasteiger partial charge in [0.25, 0.3) is 0 Å². The molecule has 0 saturated heterocycles. The Morgan fingerprint density at radius 1 is 1.42 bits per heavy atom. The fourth-order valence-corrected chi connectivity index (χ4v) is 1.33. The molecule has 0 fully saturated rings. The van der Waals surface area contributed by atoms with Crippen LogP contribution in [0, 0.1) is 11.3 Å². The third kappa shape index (κ3) is 1.79. The van der Waals surface area contributed by atoms with E-state index in [1.165, 1.54) is 0 Å². The lowest BCUT2D eigenvalue weighted by molar-refractivity contribution is 0.000182. The number of rotatable bonds is 4. The van der Waals surface area contributed by atoms with E-state index < -0.39 is 16.5 Å². The zero-order valence-corrected chi connectivity index (χ0v) is 8.93. The highest BCUT2D eigenvalue weighted by atomic mass is 79.9. The lowest BCUT2D eigenvalue weighted by Crippen LogP contribution is -2.51. The van der Waals surface area contributed by atoms with Crippen molar-refractivity contribution in [2.45, 2.75) is 36.6 Å². The van der Waals surface area contributed by atoms with Crippen LogP contribution in [0.4, 0.5) is 0 Å². The Morgan fingerprint density at radius 3 is 1.92 bits per heavy atom. The summed E-state index contributed by atoms with van der Waals surface area (Å²) in [6.07, 6.45) is 1.18. The largest absolute Gasteiger partial charge is 0.392 e. The lowest BCUT2D eigenvalue weighted by atomic mass is 9.85. The lowest BCUT2D eigenvalue weighted by Gasteiger charge is -2.35. The minimum atomic E-state index is -1.68. The first-order chi connectivity index (χ1) is 5.49. The average Bonchev–Trinajstić information content (AvgIpc) is 2.15. The van der Waals surface area contributed by atoms with Crippen LogP contribution >= 0.6 is 15.9 Å². The summed E-state index contributed by atoms with van der Waals surface area (Å²) in [5.41, 5.74) is -1.68. The smallest absolute Gasteiger partial charge is 0.189 e. The molecule has 0 aromatic carbocycles. The first-order valence-corrected chi connectivity index (χ1v) is 4.72. The highest BCUT2D eigenvalue weighted by molar-refractivity contribution is 9.10. The second kappa shape index (κ2) is 4.22. The molecule has 2 N–H and O–H groups in total. The van der Waals surface area contributed by atoms with Crippen LogP contribution in [0.15, 0.2) is 0 Å². The van der Waals surface area contributed by atoms with Crippen molar-refractivity contribution >= 4 is 15.9 Å². The van der Waals surface area contributed by atoms with Crippen LogP contribution in [-0.4, -0.2) is 26.7 Å². The van der Waals surface area contributed by atoms with Gasteiger partial charge < -0.3 is 10.2 Å². The van der Waals surface area contributed by atoms with Crippen molar-refractivity contribution in [2.75, 3.05) is 6.61 Å². The van der Waals surface area contributed by atoms with E-state index in [9.17, 15) is 5.11 Å². The van der Waals surface area contributed by atoms with E-state index in [4.69, 9.17) is 10.4 Å². The van der Waals surface area contributed by atoms with Crippen molar-refractivity contribution in [1.29, 1.82) is 5.26 Å². The molecule has 0 rings (SSSR count). The van der Waals surface area contributed by atoms with Crippen LogP contribution in [0.25, 0.3) is 0 Å². The fraction of sp³-hybridized carbons (Fsp3) is 0.875. The second-order valence-electron chi connectivity index (χ2n) is 2.80. The Bertz CT molecular complexity index is 186. The average molecular weight is 236 g/mol. The molecule has 70 valence electrons. The van der Waals surface area contributed by atoms with Crippen molar-refractivity contribution in [3.63, 3.8) is 0 Å². The molecule has 0 saturated carbocycles. The molecule has 0 heterocycles. The second-order valence-corrected chi connectivity index (χ2v) is 4.32. The number of aliphatic hydroxyl groups excluding tert-OH is 1. The molecule has 12 heavy (non-hydrogen) atoms. The molecule has 0 aliphatic carbocycles. The fourth-order valence-electron chi connectivity index (χ4n) is 1.11. The van der Waals surface area contributed by atoms with Gasteiger partial charge in [-0.15, -0.1) is 0 Å². The Kier molecular flexibility index (Phi) is 4.18. The minimum Gasteiger partial charge on any atom is -0.392 e. The molecule has 0 aliphatic heterocycles. The van der Waals surface area contributed by atoms with Crippen molar-refractivity contribution in [3.05, 3.63) is 0 Å². The van der Waals surface area contributed by atoms with Gasteiger partial charge in [0.15, 0.2) is 5.60 Å². The van der Waals surface area contributed by atoms with Crippen LogP contribution in [0.1, 0.15) is 26.7 Å². The van der Waals surface area contributed by atoms with Gasteiger partial charge in [0.05, 0.1) is 10.9 Å². The van der Waals surface area contributed by atoms with E-state index in [-0.39, 0.29) is 0 Å². The molecule has 0 bridgehead atoms. The maximum Gasteiger partial charge on any atom is 0.189 e. The van der Waals surface area contributed by atoms with E-state index in [0.29, 0.717) is 12.8 Å². The van der Waals surface area contributed by atoms with Gasteiger partial charge in [-0.05, 0) is 12.8 Å². The van der Waals surface area contributed by atoms with Gasteiger partial charge in [0.2, 0.25) is 0 Å². The topological polar surface area (TPSA) is 64.2 Å². The van der Waals surface area contributed by atoms with Crippen LogP contribution in [0.3, 0.4) is 0 Å². The number of alkyl halides is 1. The third-order valence-corrected chi connectivity index (χ3v) is 4.05. The van der Waals surface area contributed by atoms with E-state index >= 15 is 0 Å². The Balaban J connectivity index is 4.82. The van der Waals surface area contributed by atoms with Crippen molar-refractivity contribution in [3.8, 4) is 6.07 Å². The number of nitrogens with zero attached hydrogens (tertiary/aromatic N) is 1. The molecule has 0 aromatic heterocycles. The highest BCUT2D eigenvalue weighted by Crippen LogP contribution is 2.37. The summed E-state index contributed by atoms with van der Waals surface area (Å²) in [6, 6.07) is 1.73. The Labute approximate surface area is 81.1 Å². The summed E-state index contributed by atoms with van der Waals surface area (Å²) in [5, 5.41) is 27.3. The van der Waals surface area contributed by atoms with Crippen LogP contribution in [-0.2, 0) is 0 Å². The summed E-state index contributed by atoms with van der Waals surface area (Å²) in [7, 11) is 0. The SMILES string of the molecule is CCC(Br)(CC)[C@@](O)(C#N)CO. The number of halogens is 1. The normalized spacial score (nSPS) is 16.7. The summed E-state index contributed by atoms with van der Waals surface area (Å²) in [4.78, 5) is 0. The molecule has 0 aromatic rings. The molecule has 0 unspecified atom stereocenters. The molecular weight excluding hydrogens is 222 g/mol. The van der Waals surface area contributed by atoms with Gasteiger partial charge in [-0.2, -0.15) is 5.26 Å². The minimum absolute atomic E-state index is 0.545. The van der Waals surface area contributed by atoms with Gasteiger partial charge in [-0.1, -0.05) is 29.8 Å². The first-order valence-electron chi connectivity index (χ1n) is 3.93. The number of nitriles is 1. The molecule has 0 aliphatic rings. The maximum absolute atomic E-state index is 9.69. The standard InChI is InChI=1S/C8H14BrNO2/c1-3-7(9,4-2)8(12,5-10)6-11/h11-12H,3-4,6H2,1-2H3/t8-/m1/s1. The maximum atomic E-state index is 9.69. The van der Waals surface area contributed by atoms with Crippen molar-refractivity contribution in [1.82, 2.24) is 0 Å². The molecule has 1 atom stereocenters. The highest BCUT2D eigenvalue weighted by Gasteiger charge is 2.46. The van der Waals surface area contributed by atoms with E-state index in [1.807, 2.05) is 13.8 Å². The molecule has 0 spiro atoms. The predicted octanol–water partition coefficient (Wildman–Crippen LogP) is 1.19. The molecule has 3 nitrogen and oxygen atoms in total. The van der Waals surface area contributed by atoms with E-state index in [0.717, 1.165) is 0 Å². The van der Waals surface area contributed by atoms with Crippen LogP contribution in [0.2, 0.25) is 0 Å². The van der Waals surface area contributed by atoms with Gasteiger partial charge >= 0.3 is 0 Å².